The summed E-state index contributed by atoms with van der Waals surface area (Å²) < 4.78 is 2.44. The van der Waals surface area contributed by atoms with Gasteiger partial charge in [-0.2, -0.15) is 0 Å². The first-order valence-electron chi connectivity index (χ1n) is 6.15. The van der Waals surface area contributed by atoms with Crippen LogP contribution in [-0.4, -0.2) is 9.55 Å². The van der Waals surface area contributed by atoms with Crippen molar-refractivity contribution in [3.05, 3.63) is 56.4 Å². The Labute approximate surface area is 131 Å². The first kappa shape index (κ1) is 15.1. The van der Waals surface area contributed by atoms with Crippen molar-refractivity contribution in [2.75, 3.05) is 5.73 Å². The first-order valence-corrected chi connectivity index (χ1v) is 6.94. The van der Waals surface area contributed by atoms with Gasteiger partial charge in [0.05, 0.1) is 5.69 Å². The molecule has 2 atom stereocenters. The quantitative estimate of drug-likeness (QED) is 0.900. The van der Waals surface area contributed by atoms with Gasteiger partial charge in [-0.15, -0.1) is 12.4 Å². The number of nitrogen functional groups attached to an aromatic ring is 1. The fourth-order valence-corrected chi connectivity index (χ4v) is 2.81. The lowest BCUT2D eigenvalue weighted by Crippen LogP contribution is -2.21. The van der Waals surface area contributed by atoms with Crippen LogP contribution in [-0.2, 0) is 7.05 Å². The van der Waals surface area contributed by atoms with E-state index in [1.54, 1.807) is 13.1 Å². The van der Waals surface area contributed by atoms with E-state index in [4.69, 9.17) is 5.73 Å². The molecule has 3 rings (SSSR count). The second-order valence-electron chi connectivity index (χ2n) is 4.94. The summed E-state index contributed by atoms with van der Waals surface area (Å²) >= 11 is 3.48. The van der Waals surface area contributed by atoms with Gasteiger partial charge in [-0.3, -0.25) is 9.36 Å². The lowest BCUT2D eigenvalue weighted by Gasteiger charge is -2.05. The summed E-state index contributed by atoms with van der Waals surface area (Å²) in [5.41, 5.74) is 7.73. The van der Waals surface area contributed by atoms with Gasteiger partial charge in [0, 0.05) is 23.5 Å². The minimum Gasteiger partial charge on any atom is -0.369 e. The second-order valence-corrected chi connectivity index (χ2v) is 5.86. The smallest absolute Gasteiger partial charge is 0.254 e. The number of hydrogen-bond acceptors (Lipinski definition) is 3. The molecule has 6 heteroatoms. The van der Waals surface area contributed by atoms with E-state index in [-0.39, 0.29) is 23.9 Å². The van der Waals surface area contributed by atoms with Crippen LogP contribution in [0.25, 0.3) is 0 Å². The van der Waals surface area contributed by atoms with Gasteiger partial charge in [-0.05, 0) is 30.0 Å². The summed E-state index contributed by atoms with van der Waals surface area (Å²) in [6, 6.07) is 9.86. The number of hydrogen-bond donors (Lipinski definition) is 1. The topological polar surface area (TPSA) is 60.9 Å². The number of aromatic nitrogens is 2. The number of nitrogens with zero attached hydrogens (tertiary/aromatic N) is 2. The molecule has 0 unspecified atom stereocenters. The molecule has 0 saturated heterocycles. The van der Waals surface area contributed by atoms with Crippen LogP contribution in [0.2, 0.25) is 0 Å². The maximum atomic E-state index is 11.7. The van der Waals surface area contributed by atoms with E-state index in [1.165, 1.54) is 10.1 Å². The molecular formula is C14H15BrClN3O. The van der Waals surface area contributed by atoms with Crippen molar-refractivity contribution < 1.29 is 0 Å². The number of nitrogens with two attached hydrogens (primary N) is 1. The van der Waals surface area contributed by atoms with Gasteiger partial charge in [-0.25, -0.2) is 4.98 Å². The monoisotopic (exact) mass is 355 g/mol. The number of benzene rings is 1. The van der Waals surface area contributed by atoms with E-state index in [9.17, 15) is 4.79 Å². The van der Waals surface area contributed by atoms with Crippen LogP contribution in [0.15, 0.2) is 39.6 Å². The van der Waals surface area contributed by atoms with E-state index in [1.807, 2.05) is 12.1 Å². The fraction of sp³-hybridized carbons (Fsp3) is 0.286. The Morgan fingerprint density at radius 1 is 1.35 bits per heavy atom. The normalized spacial score (nSPS) is 20.3. The predicted octanol–water partition coefficient (Wildman–Crippen LogP) is 2.82. The molecule has 106 valence electrons. The molecule has 0 aliphatic heterocycles. The van der Waals surface area contributed by atoms with Crippen molar-refractivity contribution in [2.45, 2.75) is 18.3 Å². The standard InChI is InChI=1S/C14H14BrN3O.ClH/c1-18-13(19)7-12(17-14(18)16)11-6-10(11)8-3-2-4-9(15)5-8;/h2-5,7,10-11H,6H2,1H3,(H2,16,17);1H/t10-,11-;/m1./s1. The molecular weight excluding hydrogens is 342 g/mol. The van der Waals surface area contributed by atoms with Crippen molar-refractivity contribution in [1.82, 2.24) is 9.55 Å². The van der Waals surface area contributed by atoms with Crippen LogP contribution < -0.4 is 11.3 Å². The molecule has 0 amide bonds. The summed E-state index contributed by atoms with van der Waals surface area (Å²) in [4.78, 5) is 16.0. The molecule has 4 nitrogen and oxygen atoms in total. The molecule has 1 aromatic carbocycles. The Kier molecular flexibility index (Phi) is 4.20. The summed E-state index contributed by atoms with van der Waals surface area (Å²) in [7, 11) is 1.63. The molecule has 0 radical (unpaired) electrons. The highest BCUT2D eigenvalue weighted by Crippen LogP contribution is 2.54. The molecule has 0 bridgehead atoms. The largest absolute Gasteiger partial charge is 0.369 e. The lowest BCUT2D eigenvalue weighted by atomic mass is 10.1. The minimum absolute atomic E-state index is 0. The number of halogens is 2. The number of anilines is 1. The van der Waals surface area contributed by atoms with Crippen LogP contribution in [0.1, 0.15) is 29.5 Å². The maximum Gasteiger partial charge on any atom is 0.254 e. The van der Waals surface area contributed by atoms with Crippen LogP contribution in [0, 0.1) is 0 Å². The molecule has 2 N–H and O–H groups in total. The molecule has 20 heavy (non-hydrogen) atoms. The summed E-state index contributed by atoms with van der Waals surface area (Å²) in [5.74, 6) is 1.03. The fourth-order valence-electron chi connectivity index (χ4n) is 2.39. The van der Waals surface area contributed by atoms with Gasteiger partial charge in [0.25, 0.3) is 5.56 Å². The Morgan fingerprint density at radius 2 is 2.10 bits per heavy atom. The summed E-state index contributed by atoms with van der Waals surface area (Å²) in [6.45, 7) is 0. The van der Waals surface area contributed by atoms with Crippen LogP contribution >= 0.6 is 28.3 Å². The Balaban J connectivity index is 0.00000147. The zero-order valence-electron chi connectivity index (χ0n) is 10.9. The van der Waals surface area contributed by atoms with Crippen LogP contribution in [0.3, 0.4) is 0 Å². The molecule has 2 aromatic rings. The van der Waals surface area contributed by atoms with E-state index < -0.39 is 0 Å². The van der Waals surface area contributed by atoms with Gasteiger partial charge in [-0.1, -0.05) is 28.1 Å². The highest BCUT2D eigenvalue weighted by atomic mass is 79.9. The third-order valence-corrected chi connectivity index (χ3v) is 4.13. The number of rotatable bonds is 2. The van der Waals surface area contributed by atoms with Crippen molar-refractivity contribution in [1.29, 1.82) is 0 Å². The van der Waals surface area contributed by atoms with Crippen molar-refractivity contribution in [3.63, 3.8) is 0 Å². The average Bonchev–Trinajstić information content (AvgIpc) is 3.15. The summed E-state index contributed by atoms with van der Waals surface area (Å²) in [6.07, 6.45) is 1.02. The van der Waals surface area contributed by atoms with E-state index in [2.05, 4.69) is 33.0 Å². The Bertz CT molecular complexity index is 701. The highest BCUT2D eigenvalue weighted by molar-refractivity contribution is 9.10. The molecule has 1 aliphatic rings. The third kappa shape index (κ3) is 2.74. The van der Waals surface area contributed by atoms with E-state index >= 15 is 0 Å². The van der Waals surface area contributed by atoms with Gasteiger partial charge in [0.1, 0.15) is 0 Å². The molecule has 1 heterocycles. The van der Waals surface area contributed by atoms with Crippen molar-refractivity contribution in [3.8, 4) is 0 Å². The Morgan fingerprint density at radius 3 is 2.75 bits per heavy atom. The highest BCUT2D eigenvalue weighted by Gasteiger charge is 2.41. The van der Waals surface area contributed by atoms with Crippen molar-refractivity contribution >= 4 is 34.3 Å². The first-order chi connectivity index (χ1) is 9.06. The SMILES string of the molecule is Cl.Cn1c(N)nc([C@@H]2C[C@@H]2c2cccc(Br)c2)cc1=O. The van der Waals surface area contributed by atoms with E-state index in [0.717, 1.165) is 16.6 Å². The van der Waals surface area contributed by atoms with Gasteiger partial charge in [0.2, 0.25) is 5.95 Å². The molecule has 1 aromatic heterocycles. The molecule has 1 saturated carbocycles. The zero-order valence-corrected chi connectivity index (χ0v) is 13.3. The average molecular weight is 357 g/mol. The van der Waals surface area contributed by atoms with Gasteiger partial charge in [0.15, 0.2) is 0 Å². The van der Waals surface area contributed by atoms with Gasteiger partial charge >= 0.3 is 0 Å². The predicted molar refractivity (Wildman–Crippen MR) is 85.4 cm³/mol. The van der Waals surface area contributed by atoms with Crippen LogP contribution in [0.4, 0.5) is 5.95 Å². The maximum absolute atomic E-state index is 11.7. The second kappa shape index (κ2) is 5.58. The van der Waals surface area contributed by atoms with Crippen LogP contribution in [0.5, 0.6) is 0 Å². The van der Waals surface area contributed by atoms with Crippen molar-refractivity contribution in [2.24, 2.45) is 7.05 Å². The molecule has 0 spiro atoms. The zero-order chi connectivity index (χ0) is 13.6. The minimum atomic E-state index is -0.0950. The lowest BCUT2D eigenvalue weighted by molar-refractivity contribution is 0.813. The summed E-state index contributed by atoms with van der Waals surface area (Å²) in [5, 5.41) is 0. The Hall–Kier alpha value is -1.33. The van der Waals surface area contributed by atoms with E-state index in [0.29, 0.717) is 11.8 Å². The third-order valence-electron chi connectivity index (χ3n) is 3.64. The van der Waals surface area contributed by atoms with Gasteiger partial charge < -0.3 is 5.73 Å². The molecule has 1 fully saturated rings. The molecule has 1 aliphatic carbocycles.